The van der Waals surface area contributed by atoms with Crippen molar-refractivity contribution in [1.29, 1.82) is 0 Å². The Kier molecular flexibility index (Phi) is 5.46. The fourth-order valence-corrected chi connectivity index (χ4v) is 1.77. The Balaban J connectivity index is 2.33. The van der Waals surface area contributed by atoms with Gasteiger partial charge in [0.2, 0.25) is 11.6 Å². The molecule has 0 amide bonds. The third-order valence-electron chi connectivity index (χ3n) is 2.83. The van der Waals surface area contributed by atoms with Gasteiger partial charge in [-0.3, -0.25) is 25.7 Å². The van der Waals surface area contributed by atoms with Crippen molar-refractivity contribution in [2.45, 2.75) is 6.61 Å². The average molecular weight is 369 g/mol. The molecule has 0 aliphatic rings. The second-order valence-corrected chi connectivity index (χ2v) is 4.44. The van der Waals surface area contributed by atoms with Gasteiger partial charge in [0.05, 0.1) is 16.1 Å². The first kappa shape index (κ1) is 18.4. The van der Waals surface area contributed by atoms with Crippen LogP contribution in [0, 0.1) is 20.2 Å². The van der Waals surface area contributed by atoms with Gasteiger partial charge in [0.1, 0.15) is 12.1 Å². The standard InChI is InChI=1S/C12H9F2N7O5/c13-12(14)26-8-2-1-7(20(22)23)3-6(8)4-18-19-11-9(21(24)25)10(15)16-5-17-11/h1-5,12H,(H3,15,16,17,19)/b18-4-. The van der Waals surface area contributed by atoms with E-state index >= 15 is 0 Å². The third-order valence-corrected chi connectivity index (χ3v) is 2.83. The van der Waals surface area contributed by atoms with E-state index in [1.807, 2.05) is 0 Å². The van der Waals surface area contributed by atoms with Crippen LogP contribution in [0.5, 0.6) is 5.75 Å². The lowest BCUT2D eigenvalue weighted by Gasteiger charge is -2.07. The molecule has 0 aliphatic heterocycles. The van der Waals surface area contributed by atoms with Crippen molar-refractivity contribution in [3.63, 3.8) is 0 Å². The van der Waals surface area contributed by atoms with Gasteiger partial charge in [0.25, 0.3) is 5.69 Å². The van der Waals surface area contributed by atoms with Gasteiger partial charge >= 0.3 is 12.3 Å². The first-order valence-electron chi connectivity index (χ1n) is 6.56. The molecule has 136 valence electrons. The minimum Gasteiger partial charge on any atom is -0.434 e. The molecule has 0 bridgehead atoms. The summed E-state index contributed by atoms with van der Waals surface area (Å²) in [5.74, 6) is -1.16. The van der Waals surface area contributed by atoms with E-state index in [2.05, 4.69) is 25.2 Å². The Morgan fingerprint density at radius 3 is 2.62 bits per heavy atom. The van der Waals surface area contributed by atoms with Gasteiger partial charge in [0, 0.05) is 17.7 Å². The molecule has 1 aromatic heterocycles. The fourth-order valence-electron chi connectivity index (χ4n) is 1.77. The summed E-state index contributed by atoms with van der Waals surface area (Å²) in [5.41, 5.74) is 6.36. The van der Waals surface area contributed by atoms with Crippen molar-refractivity contribution in [3.05, 3.63) is 50.3 Å². The van der Waals surface area contributed by atoms with E-state index in [0.29, 0.717) is 0 Å². The van der Waals surface area contributed by atoms with Crippen LogP contribution >= 0.6 is 0 Å². The SMILES string of the molecule is Nc1ncnc(N/N=C\c2cc([N+](=O)[O-])ccc2OC(F)F)c1[N+](=O)[O-]. The maximum absolute atomic E-state index is 12.4. The number of non-ortho nitro benzene ring substituents is 1. The Morgan fingerprint density at radius 1 is 1.27 bits per heavy atom. The molecule has 1 aromatic carbocycles. The molecule has 3 N–H and O–H groups in total. The molecule has 0 radical (unpaired) electrons. The number of rotatable bonds is 7. The quantitative estimate of drug-likeness (QED) is 0.420. The normalized spacial score (nSPS) is 10.9. The van der Waals surface area contributed by atoms with Crippen molar-refractivity contribution in [2.24, 2.45) is 5.10 Å². The number of hydrazone groups is 1. The number of hydrogen-bond acceptors (Lipinski definition) is 10. The van der Waals surface area contributed by atoms with Crippen LogP contribution < -0.4 is 15.9 Å². The third kappa shape index (κ3) is 4.31. The van der Waals surface area contributed by atoms with Crippen LogP contribution in [0.2, 0.25) is 0 Å². The predicted octanol–water partition coefficient (Wildman–Crippen LogP) is 1.92. The van der Waals surface area contributed by atoms with Gasteiger partial charge < -0.3 is 10.5 Å². The Labute approximate surface area is 142 Å². The first-order valence-corrected chi connectivity index (χ1v) is 6.56. The topological polar surface area (TPSA) is 172 Å². The number of nitro groups is 2. The first-order chi connectivity index (χ1) is 12.3. The number of benzene rings is 1. The lowest BCUT2D eigenvalue weighted by Crippen LogP contribution is -2.06. The highest BCUT2D eigenvalue weighted by molar-refractivity contribution is 5.85. The average Bonchev–Trinajstić information content (AvgIpc) is 2.55. The van der Waals surface area contributed by atoms with E-state index in [1.54, 1.807) is 0 Å². The Hall–Kier alpha value is -3.97. The molecule has 14 heteroatoms. The van der Waals surface area contributed by atoms with Gasteiger partial charge in [-0.2, -0.15) is 13.9 Å². The molecule has 0 saturated heterocycles. The van der Waals surface area contributed by atoms with Gasteiger partial charge in [-0.25, -0.2) is 9.97 Å². The van der Waals surface area contributed by atoms with Gasteiger partial charge in [0.15, 0.2) is 0 Å². The molecule has 0 fully saturated rings. The lowest BCUT2D eigenvalue weighted by molar-refractivity contribution is -0.384. The molecule has 2 rings (SSSR count). The molecule has 0 unspecified atom stereocenters. The highest BCUT2D eigenvalue weighted by Crippen LogP contribution is 2.27. The number of hydrogen-bond donors (Lipinski definition) is 2. The fraction of sp³-hybridized carbons (Fsp3) is 0.0833. The number of nitrogen functional groups attached to an aromatic ring is 1. The van der Waals surface area contributed by atoms with Crippen LogP contribution in [-0.2, 0) is 0 Å². The molecule has 0 aliphatic carbocycles. The van der Waals surface area contributed by atoms with E-state index in [1.165, 1.54) is 0 Å². The molecule has 1 heterocycles. The maximum Gasteiger partial charge on any atom is 0.387 e. The van der Waals surface area contributed by atoms with Gasteiger partial charge in [-0.05, 0) is 6.07 Å². The van der Waals surface area contributed by atoms with E-state index in [0.717, 1.165) is 30.7 Å². The minimum absolute atomic E-state index is 0.170. The van der Waals surface area contributed by atoms with Crippen molar-refractivity contribution < 1.29 is 23.4 Å². The molecular weight excluding hydrogens is 360 g/mol. The molecule has 2 aromatic rings. The number of anilines is 2. The number of alkyl halides is 2. The minimum atomic E-state index is -3.17. The van der Waals surface area contributed by atoms with Crippen molar-refractivity contribution in [2.75, 3.05) is 11.2 Å². The van der Waals surface area contributed by atoms with Crippen molar-refractivity contribution >= 4 is 29.2 Å². The zero-order valence-corrected chi connectivity index (χ0v) is 12.6. The van der Waals surface area contributed by atoms with Crippen LogP contribution in [0.3, 0.4) is 0 Å². The largest absolute Gasteiger partial charge is 0.434 e. The number of nitrogens with zero attached hydrogens (tertiary/aromatic N) is 5. The van der Waals surface area contributed by atoms with Crippen molar-refractivity contribution in [3.8, 4) is 5.75 Å². The van der Waals surface area contributed by atoms with E-state index in [-0.39, 0.29) is 17.1 Å². The zero-order chi connectivity index (χ0) is 19.3. The highest BCUT2D eigenvalue weighted by Gasteiger charge is 2.20. The second kappa shape index (κ2) is 7.73. The molecular formula is C12H9F2N7O5. The number of halogens is 2. The van der Waals surface area contributed by atoms with Crippen LogP contribution in [0.15, 0.2) is 29.6 Å². The summed E-state index contributed by atoms with van der Waals surface area (Å²) in [7, 11) is 0. The lowest BCUT2D eigenvalue weighted by atomic mass is 10.2. The van der Waals surface area contributed by atoms with Crippen LogP contribution in [0.4, 0.5) is 31.8 Å². The number of aromatic nitrogens is 2. The van der Waals surface area contributed by atoms with Crippen molar-refractivity contribution in [1.82, 2.24) is 9.97 Å². The molecule has 26 heavy (non-hydrogen) atoms. The summed E-state index contributed by atoms with van der Waals surface area (Å²) >= 11 is 0. The molecule has 0 saturated carbocycles. The van der Waals surface area contributed by atoms with E-state index < -0.39 is 33.7 Å². The molecule has 12 nitrogen and oxygen atoms in total. The number of nitrogens with two attached hydrogens (primary N) is 1. The smallest absolute Gasteiger partial charge is 0.387 e. The summed E-state index contributed by atoms with van der Waals surface area (Å²) in [6.45, 7) is -3.17. The maximum atomic E-state index is 12.4. The van der Waals surface area contributed by atoms with Crippen LogP contribution in [0.1, 0.15) is 5.56 Å². The summed E-state index contributed by atoms with van der Waals surface area (Å²) < 4.78 is 29.1. The van der Waals surface area contributed by atoms with E-state index in [9.17, 15) is 29.0 Å². The van der Waals surface area contributed by atoms with Crippen LogP contribution in [-0.4, -0.2) is 32.6 Å². The Morgan fingerprint density at radius 2 is 2.00 bits per heavy atom. The second-order valence-electron chi connectivity index (χ2n) is 4.44. The van der Waals surface area contributed by atoms with Gasteiger partial charge in [-0.15, -0.1) is 0 Å². The monoisotopic (exact) mass is 369 g/mol. The summed E-state index contributed by atoms with van der Waals surface area (Å²) in [5, 5.41) is 25.3. The summed E-state index contributed by atoms with van der Waals surface area (Å²) in [6.07, 6.45) is 1.84. The number of nitro benzene ring substituents is 1. The highest BCUT2D eigenvalue weighted by atomic mass is 19.3. The summed E-state index contributed by atoms with van der Waals surface area (Å²) in [6, 6.07) is 2.88. The summed E-state index contributed by atoms with van der Waals surface area (Å²) in [4.78, 5) is 27.2. The van der Waals surface area contributed by atoms with Gasteiger partial charge in [-0.1, -0.05) is 0 Å². The molecule has 0 spiro atoms. The van der Waals surface area contributed by atoms with E-state index in [4.69, 9.17) is 5.73 Å². The molecule has 0 atom stereocenters. The zero-order valence-electron chi connectivity index (χ0n) is 12.6. The van der Waals surface area contributed by atoms with Crippen LogP contribution in [0.25, 0.3) is 0 Å². The number of ether oxygens (including phenoxy) is 1. The Bertz CT molecular complexity index is 877. The predicted molar refractivity (Wildman–Crippen MR) is 84.0 cm³/mol. The number of nitrogens with one attached hydrogen (secondary N) is 1.